The number of hydrogen-bond acceptors (Lipinski definition) is 4. The van der Waals surface area contributed by atoms with Gasteiger partial charge in [-0.3, -0.25) is 0 Å². The molecule has 1 aliphatic heterocycles. The standard InChI is InChI=1S/C16H20BrFO4/c17-12-1-3-13(4-2-12)21-10-15-8-19-7-14(22-15)9-20-11-16(18)5-6-16/h1-4,14-15H,5-11H2. The molecule has 1 saturated heterocycles. The highest BCUT2D eigenvalue weighted by molar-refractivity contribution is 9.10. The minimum absolute atomic E-state index is 0.133. The zero-order chi connectivity index (χ0) is 15.4. The summed E-state index contributed by atoms with van der Waals surface area (Å²) in [5.74, 6) is 0.790. The number of halogens is 2. The molecule has 2 unspecified atom stereocenters. The van der Waals surface area contributed by atoms with Gasteiger partial charge in [-0.05, 0) is 37.1 Å². The average Bonchev–Trinajstić information content (AvgIpc) is 3.25. The Bertz CT molecular complexity index is 478. The van der Waals surface area contributed by atoms with Crippen molar-refractivity contribution in [1.29, 1.82) is 0 Å². The molecule has 2 fully saturated rings. The lowest BCUT2D eigenvalue weighted by atomic mass is 10.3. The molecule has 22 heavy (non-hydrogen) atoms. The molecule has 0 N–H and O–H groups in total. The summed E-state index contributed by atoms with van der Waals surface area (Å²) >= 11 is 3.38. The molecule has 2 aliphatic rings. The van der Waals surface area contributed by atoms with Crippen LogP contribution in [0.4, 0.5) is 4.39 Å². The largest absolute Gasteiger partial charge is 0.491 e. The van der Waals surface area contributed by atoms with E-state index in [9.17, 15) is 4.39 Å². The predicted molar refractivity (Wildman–Crippen MR) is 83.0 cm³/mol. The molecule has 0 radical (unpaired) electrons. The fraction of sp³-hybridized carbons (Fsp3) is 0.625. The van der Waals surface area contributed by atoms with E-state index in [-0.39, 0.29) is 18.8 Å². The molecule has 0 amide bonds. The quantitative estimate of drug-likeness (QED) is 0.734. The van der Waals surface area contributed by atoms with Crippen molar-refractivity contribution in [2.75, 3.05) is 33.0 Å². The molecular weight excluding hydrogens is 355 g/mol. The Kier molecular flexibility index (Phi) is 5.33. The SMILES string of the molecule is FC1(COCC2COCC(COc3ccc(Br)cc3)O2)CC1. The van der Waals surface area contributed by atoms with E-state index in [2.05, 4.69) is 15.9 Å². The van der Waals surface area contributed by atoms with Gasteiger partial charge in [0.25, 0.3) is 0 Å². The number of benzene rings is 1. The van der Waals surface area contributed by atoms with Crippen molar-refractivity contribution in [2.24, 2.45) is 0 Å². The molecule has 0 bridgehead atoms. The zero-order valence-corrected chi connectivity index (χ0v) is 13.9. The zero-order valence-electron chi connectivity index (χ0n) is 12.3. The highest BCUT2D eigenvalue weighted by atomic mass is 79.9. The van der Waals surface area contributed by atoms with Crippen LogP contribution in [-0.4, -0.2) is 50.9 Å². The second-order valence-electron chi connectivity index (χ2n) is 5.85. The molecule has 1 aromatic carbocycles. The third-order valence-electron chi connectivity index (χ3n) is 3.70. The van der Waals surface area contributed by atoms with Crippen LogP contribution in [-0.2, 0) is 14.2 Å². The van der Waals surface area contributed by atoms with Crippen LogP contribution in [0.3, 0.4) is 0 Å². The van der Waals surface area contributed by atoms with E-state index in [1.54, 1.807) is 0 Å². The summed E-state index contributed by atoms with van der Waals surface area (Å²) in [6, 6.07) is 7.64. The molecule has 1 saturated carbocycles. The summed E-state index contributed by atoms with van der Waals surface area (Å²) in [6.07, 6.45) is 0.929. The van der Waals surface area contributed by atoms with Gasteiger partial charge in [0.1, 0.15) is 30.2 Å². The first kappa shape index (κ1) is 16.2. The minimum Gasteiger partial charge on any atom is -0.491 e. The maximum Gasteiger partial charge on any atom is 0.134 e. The highest BCUT2D eigenvalue weighted by Crippen LogP contribution is 2.39. The normalized spacial score (nSPS) is 26.6. The maximum atomic E-state index is 13.4. The van der Waals surface area contributed by atoms with E-state index in [1.165, 1.54) is 0 Å². The fourth-order valence-electron chi connectivity index (χ4n) is 2.23. The number of hydrogen-bond donors (Lipinski definition) is 0. The first-order chi connectivity index (χ1) is 10.6. The molecule has 1 heterocycles. The Morgan fingerprint density at radius 2 is 1.82 bits per heavy atom. The van der Waals surface area contributed by atoms with Crippen LogP contribution in [0.25, 0.3) is 0 Å². The van der Waals surface area contributed by atoms with Crippen LogP contribution < -0.4 is 4.74 Å². The monoisotopic (exact) mass is 374 g/mol. The Hall–Kier alpha value is -0.690. The lowest BCUT2D eigenvalue weighted by molar-refractivity contribution is -0.167. The second-order valence-corrected chi connectivity index (χ2v) is 6.76. The van der Waals surface area contributed by atoms with Crippen molar-refractivity contribution < 1.29 is 23.3 Å². The van der Waals surface area contributed by atoms with Gasteiger partial charge in [-0.15, -0.1) is 0 Å². The lowest BCUT2D eigenvalue weighted by Gasteiger charge is -2.30. The molecule has 6 heteroatoms. The first-order valence-corrected chi connectivity index (χ1v) is 8.30. The van der Waals surface area contributed by atoms with Gasteiger partial charge < -0.3 is 18.9 Å². The van der Waals surface area contributed by atoms with Crippen LogP contribution in [0, 0.1) is 0 Å². The van der Waals surface area contributed by atoms with Crippen LogP contribution in [0.2, 0.25) is 0 Å². The fourth-order valence-corrected chi connectivity index (χ4v) is 2.49. The molecule has 0 aromatic heterocycles. The third-order valence-corrected chi connectivity index (χ3v) is 4.23. The Morgan fingerprint density at radius 1 is 1.14 bits per heavy atom. The average molecular weight is 375 g/mol. The highest BCUT2D eigenvalue weighted by Gasteiger charge is 2.43. The number of rotatable bonds is 7. The van der Waals surface area contributed by atoms with Gasteiger partial charge in [0.05, 0.1) is 26.4 Å². The summed E-state index contributed by atoms with van der Waals surface area (Å²) in [6.45, 7) is 1.92. The number of alkyl halides is 1. The first-order valence-electron chi connectivity index (χ1n) is 7.51. The topological polar surface area (TPSA) is 36.9 Å². The smallest absolute Gasteiger partial charge is 0.134 e. The van der Waals surface area contributed by atoms with Crippen molar-refractivity contribution in [3.05, 3.63) is 28.7 Å². The van der Waals surface area contributed by atoms with E-state index in [0.29, 0.717) is 39.3 Å². The Balaban J connectivity index is 1.37. The number of ether oxygens (including phenoxy) is 4. The summed E-state index contributed by atoms with van der Waals surface area (Å²) < 4.78 is 36.9. The van der Waals surface area contributed by atoms with Crippen molar-refractivity contribution >= 4 is 15.9 Å². The third kappa shape index (κ3) is 4.91. The summed E-state index contributed by atoms with van der Waals surface area (Å²) in [5.41, 5.74) is -1.08. The van der Waals surface area contributed by atoms with Crippen LogP contribution in [0.5, 0.6) is 5.75 Å². The van der Waals surface area contributed by atoms with E-state index >= 15 is 0 Å². The van der Waals surface area contributed by atoms with E-state index < -0.39 is 5.67 Å². The summed E-state index contributed by atoms with van der Waals surface area (Å²) in [7, 11) is 0. The maximum absolute atomic E-state index is 13.4. The minimum atomic E-state index is -1.08. The van der Waals surface area contributed by atoms with Crippen molar-refractivity contribution in [3.63, 3.8) is 0 Å². The van der Waals surface area contributed by atoms with Gasteiger partial charge in [0.2, 0.25) is 0 Å². The van der Waals surface area contributed by atoms with Gasteiger partial charge in [0, 0.05) is 4.47 Å². The van der Waals surface area contributed by atoms with Crippen molar-refractivity contribution in [2.45, 2.75) is 30.7 Å². The summed E-state index contributed by atoms with van der Waals surface area (Å²) in [5, 5.41) is 0. The van der Waals surface area contributed by atoms with E-state index in [4.69, 9.17) is 18.9 Å². The molecule has 2 atom stereocenters. The molecule has 0 spiro atoms. The van der Waals surface area contributed by atoms with Crippen LogP contribution in [0.1, 0.15) is 12.8 Å². The second kappa shape index (κ2) is 7.25. The lowest BCUT2D eigenvalue weighted by Crippen LogP contribution is -2.42. The van der Waals surface area contributed by atoms with Gasteiger partial charge in [-0.1, -0.05) is 15.9 Å². The Labute approximate surface area is 138 Å². The van der Waals surface area contributed by atoms with Crippen LogP contribution in [0.15, 0.2) is 28.7 Å². The molecule has 4 nitrogen and oxygen atoms in total. The molecule has 1 aliphatic carbocycles. The van der Waals surface area contributed by atoms with E-state index in [1.807, 2.05) is 24.3 Å². The van der Waals surface area contributed by atoms with E-state index in [0.717, 1.165) is 10.2 Å². The molecular formula is C16H20BrFO4. The molecule has 122 valence electrons. The van der Waals surface area contributed by atoms with Crippen molar-refractivity contribution in [1.82, 2.24) is 0 Å². The van der Waals surface area contributed by atoms with Gasteiger partial charge in [0.15, 0.2) is 0 Å². The van der Waals surface area contributed by atoms with Gasteiger partial charge in [-0.2, -0.15) is 0 Å². The Morgan fingerprint density at radius 3 is 2.50 bits per heavy atom. The molecule has 1 aromatic rings. The predicted octanol–water partition coefficient (Wildman–Crippen LogP) is 3.13. The van der Waals surface area contributed by atoms with Crippen molar-refractivity contribution in [3.8, 4) is 5.75 Å². The van der Waals surface area contributed by atoms with Crippen LogP contribution >= 0.6 is 15.9 Å². The van der Waals surface area contributed by atoms with Gasteiger partial charge >= 0.3 is 0 Å². The molecule has 3 rings (SSSR count). The summed E-state index contributed by atoms with van der Waals surface area (Å²) in [4.78, 5) is 0. The van der Waals surface area contributed by atoms with Gasteiger partial charge in [-0.25, -0.2) is 4.39 Å².